The first-order valence-electron chi connectivity index (χ1n) is 3.59. The fourth-order valence-corrected chi connectivity index (χ4v) is 0.672. The van der Waals surface area contributed by atoms with E-state index in [9.17, 15) is 0 Å². The Bertz CT molecular complexity index is 219. The topological polar surface area (TPSA) is 12.4 Å². The molecule has 0 aliphatic rings. The smallest absolute Gasteiger partial charge is 0.0404 e. The van der Waals surface area contributed by atoms with Gasteiger partial charge in [-0.05, 0) is 31.9 Å². The van der Waals surface area contributed by atoms with Crippen molar-refractivity contribution in [2.45, 2.75) is 20.8 Å². The molecule has 0 saturated carbocycles. The summed E-state index contributed by atoms with van der Waals surface area (Å²) in [6, 6.07) is 0. The SMILES string of the molecule is C=C/N=C(C)\C(C)=C(\C)C=C. The zero-order valence-corrected chi connectivity index (χ0v) is 7.52. The number of hydrogen-bond acceptors (Lipinski definition) is 1. The lowest BCUT2D eigenvalue weighted by molar-refractivity contribution is 1.38. The molecule has 0 saturated heterocycles. The zero-order chi connectivity index (χ0) is 8.85. The number of rotatable bonds is 3. The van der Waals surface area contributed by atoms with Gasteiger partial charge in [0.2, 0.25) is 0 Å². The molecular formula is C10H15N. The molecule has 0 spiro atoms. The minimum absolute atomic E-state index is 0.998. The molecule has 0 aromatic carbocycles. The summed E-state index contributed by atoms with van der Waals surface area (Å²) >= 11 is 0. The molecule has 0 rings (SSSR count). The molecule has 0 aliphatic heterocycles. The van der Waals surface area contributed by atoms with Gasteiger partial charge in [0.1, 0.15) is 0 Å². The Hall–Kier alpha value is -1.11. The van der Waals surface area contributed by atoms with E-state index < -0.39 is 0 Å². The van der Waals surface area contributed by atoms with Crippen molar-refractivity contribution in [3.8, 4) is 0 Å². The summed E-state index contributed by atoms with van der Waals surface area (Å²) in [4.78, 5) is 4.07. The van der Waals surface area contributed by atoms with Crippen LogP contribution in [0.4, 0.5) is 0 Å². The Morgan fingerprint density at radius 3 is 2.09 bits per heavy atom. The van der Waals surface area contributed by atoms with Crippen LogP contribution in [0.1, 0.15) is 20.8 Å². The summed E-state index contributed by atoms with van der Waals surface area (Å²) in [6.45, 7) is 13.2. The Kier molecular flexibility index (Phi) is 4.20. The van der Waals surface area contributed by atoms with Gasteiger partial charge in [0, 0.05) is 11.9 Å². The van der Waals surface area contributed by atoms with Crippen LogP contribution in [0.2, 0.25) is 0 Å². The van der Waals surface area contributed by atoms with Crippen molar-refractivity contribution in [2.24, 2.45) is 4.99 Å². The largest absolute Gasteiger partial charge is 0.262 e. The molecule has 0 heterocycles. The van der Waals surface area contributed by atoms with Crippen LogP contribution in [0.25, 0.3) is 0 Å². The van der Waals surface area contributed by atoms with Crippen molar-refractivity contribution in [1.29, 1.82) is 0 Å². The third-order valence-electron chi connectivity index (χ3n) is 1.73. The van der Waals surface area contributed by atoms with Gasteiger partial charge >= 0.3 is 0 Å². The molecule has 0 N–H and O–H groups in total. The molecule has 0 fully saturated rings. The highest BCUT2D eigenvalue weighted by molar-refractivity contribution is 5.98. The fourth-order valence-electron chi connectivity index (χ4n) is 0.672. The summed E-state index contributed by atoms with van der Waals surface area (Å²) < 4.78 is 0. The third kappa shape index (κ3) is 2.99. The average Bonchev–Trinajstić information content (AvgIpc) is 2.02. The molecule has 0 amide bonds. The summed E-state index contributed by atoms with van der Waals surface area (Å²) in [7, 11) is 0. The number of nitrogens with zero attached hydrogens (tertiary/aromatic N) is 1. The lowest BCUT2D eigenvalue weighted by atomic mass is 10.1. The van der Waals surface area contributed by atoms with E-state index in [1.807, 2.05) is 26.8 Å². The minimum atomic E-state index is 0.998. The lowest BCUT2D eigenvalue weighted by Crippen LogP contribution is -1.94. The number of aliphatic imine (C=N–C) groups is 1. The number of allylic oxidation sites excluding steroid dienone is 3. The van der Waals surface area contributed by atoms with Gasteiger partial charge in [0.15, 0.2) is 0 Å². The molecule has 0 unspecified atom stereocenters. The van der Waals surface area contributed by atoms with Crippen LogP contribution >= 0.6 is 0 Å². The van der Waals surface area contributed by atoms with Crippen LogP contribution in [0.3, 0.4) is 0 Å². The van der Waals surface area contributed by atoms with E-state index in [2.05, 4.69) is 18.2 Å². The van der Waals surface area contributed by atoms with Gasteiger partial charge in [-0.2, -0.15) is 0 Å². The van der Waals surface area contributed by atoms with Gasteiger partial charge in [0.25, 0.3) is 0 Å². The van der Waals surface area contributed by atoms with E-state index >= 15 is 0 Å². The van der Waals surface area contributed by atoms with Crippen molar-refractivity contribution in [3.05, 3.63) is 36.6 Å². The molecule has 0 radical (unpaired) electrons. The highest BCUT2D eigenvalue weighted by Gasteiger charge is 1.95. The van der Waals surface area contributed by atoms with Gasteiger partial charge in [-0.3, -0.25) is 4.99 Å². The van der Waals surface area contributed by atoms with Gasteiger partial charge < -0.3 is 0 Å². The average molecular weight is 149 g/mol. The van der Waals surface area contributed by atoms with Gasteiger partial charge in [-0.1, -0.05) is 19.2 Å². The molecule has 1 heteroatoms. The summed E-state index contributed by atoms with van der Waals surface area (Å²) in [6.07, 6.45) is 3.38. The number of hydrogen-bond donors (Lipinski definition) is 0. The minimum Gasteiger partial charge on any atom is -0.262 e. The molecule has 60 valence electrons. The van der Waals surface area contributed by atoms with Crippen molar-refractivity contribution in [2.75, 3.05) is 0 Å². The zero-order valence-electron chi connectivity index (χ0n) is 7.52. The van der Waals surface area contributed by atoms with E-state index in [4.69, 9.17) is 0 Å². The second kappa shape index (κ2) is 4.67. The van der Waals surface area contributed by atoms with Gasteiger partial charge in [-0.25, -0.2) is 0 Å². The molecule has 0 aromatic heterocycles. The Labute approximate surface area is 68.9 Å². The Morgan fingerprint density at radius 1 is 1.18 bits per heavy atom. The summed E-state index contributed by atoms with van der Waals surface area (Å²) in [5.41, 5.74) is 3.32. The second-order valence-corrected chi connectivity index (χ2v) is 2.41. The molecule has 0 atom stereocenters. The summed E-state index contributed by atoms with van der Waals surface area (Å²) in [5.74, 6) is 0. The maximum atomic E-state index is 4.07. The standard InChI is InChI=1S/C10H15N/c1-6-8(3)9(4)10(5)11-7-2/h6-7H,1-2H2,3-5H3/b9-8-,11-10-. The molecular weight excluding hydrogens is 134 g/mol. The molecule has 0 aromatic rings. The van der Waals surface area contributed by atoms with Crippen LogP contribution in [0, 0.1) is 0 Å². The van der Waals surface area contributed by atoms with E-state index in [-0.39, 0.29) is 0 Å². The quantitative estimate of drug-likeness (QED) is 0.432. The van der Waals surface area contributed by atoms with Crippen molar-refractivity contribution in [1.82, 2.24) is 0 Å². The van der Waals surface area contributed by atoms with E-state index in [1.54, 1.807) is 6.20 Å². The first kappa shape index (κ1) is 9.89. The maximum Gasteiger partial charge on any atom is 0.0404 e. The molecule has 0 bridgehead atoms. The van der Waals surface area contributed by atoms with Gasteiger partial charge in [0.05, 0.1) is 0 Å². The lowest BCUT2D eigenvalue weighted by Gasteiger charge is -2.01. The van der Waals surface area contributed by atoms with E-state index in [1.165, 1.54) is 5.57 Å². The normalized spacial score (nSPS) is 13.9. The van der Waals surface area contributed by atoms with Gasteiger partial charge in [-0.15, -0.1) is 0 Å². The first-order valence-corrected chi connectivity index (χ1v) is 3.59. The van der Waals surface area contributed by atoms with Crippen LogP contribution in [0.5, 0.6) is 0 Å². The Balaban J connectivity index is 4.72. The second-order valence-electron chi connectivity index (χ2n) is 2.41. The van der Waals surface area contributed by atoms with Crippen LogP contribution in [-0.2, 0) is 0 Å². The van der Waals surface area contributed by atoms with E-state index in [0.29, 0.717) is 0 Å². The van der Waals surface area contributed by atoms with Crippen LogP contribution in [-0.4, -0.2) is 5.71 Å². The predicted octanol–water partition coefficient (Wildman–Crippen LogP) is 3.11. The highest BCUT2D eigenvalue weighted by Crippen LogP contribution is 2.06. The van der Waals surface area contributed by atoms with Crippen molar-refractivity contribution >= 4 is 5.71 Å². The van der Waals surface area contributed by atoms with E-state index in [0.717, 1.165) is 11.3 Å². The molecule has 1 nitrogen and oxygen atoms in total. The third-order valence-corrected chi connectivity index (χ3v) is 1.73. The first-order chi connectivity index (χ1) is 5.13. The highest BCUT2D eigenvalue weighted by atomic mass is 14.7. The summed E-state index contributed by atoms with van der Waals surface area (Å²) in [5, 5.41) is 0. The monoisotopic (exact) mass is 149 g/mol. The van der Waals surface area contributed by atoms with Crippen LogP contribution in [0.15, 0.2) is 41.6 Å². The molecule has 0 aliphatic carbocycles. The van der Waals surface area contributed by atoms with Crippen molar-refractivity contribution < 1.29 is 0 Å². The maximum absolute atomic E-state index is 4.07. The van der Waals surface area contributed by atoms with Crippen LogP contribution < -0.4 is 0 Å². The Morgan fingerprint density at radius 2 is 1.73 bits per heavy atom. The molecule has 11 heavy (non-hydrogen) atoms. The predicted molar refractivity (Wildman–Crippen MR) is 51.9 cm³/mol. The fraction of sp³-hybridized carbons (Fsp3) is 0.300. The van der Waals surface area contributed by atoms with Crippen molar-refractivity contribution in [3.63, 3.8) is 0 Å².